The van der Waals surface area contributed by atoms with Crippen LogP contribution in [-0.4, -0.2) is 70.0 Å². The molecule has 1 fully saturated rings. The topological polar surface area (TPSA) is 107 Å². The lowest BCUT2D eigenvalue weighted by atomic mass is 10.0. The van der Waals surface area contributed by atoms with Crippen molar-refractivity contribution in [2.24, 2.45) is 0 Å². The number of carbonyl (C=O) groups excluding carboxylic acids is 1. The number of carbonyl (C=O) groups is 1. The zero-order valence-corrected chi connectivity index (χ0v) is 20.6. The van der Waals surface area contributed by atoms with Crippen LogP contribution in [0.15, 0.2) is 42.7 Å². The van der Waals surface area contributed by atoms with Crippen molar-refractivity contribution in [2.75, 3.05) is 42.6 Å². The standard InChI is InChI=1S/C26H33N7O2/c1-18-17-32(25-20(3)19(2)22(30-31-25)14-21-8-5-4-6-9-21)11-12-33(18)24-16-28-23(15-29-24)26(35)27-10-7-13-34/h4-6,8-9,15-16,18,34H,7,10-14,17H2,1-3H3,(H,27,35)/t18-/m1/s1. The maximum atomic E-state index is 12.1. The van der Waals surface area contributed by atoms with Crippen LogP contribution in [0.5, 0.6) is 0 Å². The summed E-state index contributed by atoms with van der Waals surface area (Å²) < 4.78 is 0. The third-order valence-electron chi connectivity index (χ3n) is 6.52. The molecule has 3 aromatic rings. The molecule has 9 nitrogen and oxygen atoms in total. The SMILES string of the molecule is Cc1c(Cc2ccccc2)nnc(N2CCN(c3cnc(C(=O)NCCCO)cn3)[C@H](C)C2)c1C. The smallest absolute Gasteiger partial charge is 0.271 e. The van der Waals surface area contributed by atoms with Crippen molar-refractivity contribution in [2.45, 2.75) is 39.7 Å². The van der Waals surface area contributed by atoms with E-state index in [1.54, 1.807) is 6.20 Å². The number of nitrogens with zero attached hydrogens (tertiary/aromatic N) is 6. The summed E-state index contributed by atoms with van der Waals surface area (Å²) in [5.41, 5.74) is 4.87. The Labute approximate surface area is 206 Å². The fourth-order valence-electron chi connectivity index (χ4n) is 4.35. The van der Waals surface area contributed by atoms with Gasteiger partial charge in [-0.15, -0.1) is 5.10 Å². The van der Waals surface area contributed by atoms with Crippen molar-refractivity contribution in [3.05, 3.63) is 70.8 Å². The lowest BCUT2D eigenvalue weighted by molar-refractivity contribution is 0.0946. The second-order valence-corrected chi connectivity index (χ2v) is 8.96. The highest BCUT2D eigenvalue weighted by molar-refractivity contribution is 5.92. The van der Waals surface area contributed by atoms with E-state index in [1.165, 1.54) is 22.9 Å². The Balaban J connectivity index is 1.41. The normalized spacial score (nSPS) is 15.8. The number of aromatic nitrogens is 4. The van der Waals surface area contributed by atoms with Crippen LogP contribution in [0.25, 0.3) is 0 Å². The van der Waals surface area contributed by atoms with Gasteiger partial charge in [0.25, 0.3) is 5.91 Å². The minimum atomic E-state index is -0.282. The number of rotatable bonds is 8. The minimum absolute atomic E-state index is 0.0390. The molecule has 1 atom stereocenters. The van der Waals surface area contributed by atoms with E-state index in [-0.39, 0.29) is 24.2 Å². The maximum absolute atomic E-state index is 12.1. The van der Waals surface area contributed by atoms with Crippen molar-refractivity contribution in [1.29, 1.82) is 0 Å². The Bertz CT molecular complexity index is 1140. The van der Waals surface area contributed by atoms with Crippen LogP contribution in [0, 0.1) is 13.8 Å². The summed E-state index contributed by atoms with van der Waals surface area (Å²) in [6.07, 6.45) is 4.45. The molecule has 1 aliphatic heterocycles. The Hall–Kier alpha value is -3.59. The van der Waals surface area contributed by atoms with E-state index in [2.05, 4.69) is 68.2 Å². The highest BCUT2D eigenvalue weighted by Crippen LogP contribution is 2.26. The number of nitrogens with one attached hydrogen (secondary N) is 1. The molecule has 9 heteroatoms. The van der Waals surface area contributed by atoms with Crippen LogP contribution in [0.4, 0.5) is 11.6 Å². The fraction of sp³-hybridized carbons (Fsp3) is 0.423. The van der Waals surface area contributed by atoms with E-state index in [0.717, 1.165) is 43.4 Å². The zero-order valence-electron chi connectivity index (χ0n) is 20.6. The van der Waals surface area contributed by atoms with Gasteiger partial charge in [-0.05, 0) is 43.9 Å². The molecular weight excluding hydrogens is 442 g/mol. The Kier molecular flexibility index (Phi) is 7.87. The number of anilines is 2. The van der Waals surface area contributed by atoms with Crippen LogP contribution in [0.2, 0.25) is 0 Å². The summed E-state index contributed by atoms with van der Waals surface area (Å²) in [4.78, 5) is 25.4. The summed E-state index contributed by atoms with van der Waals surface area (Å²) in [5, 5.41) is 20.8. The number of aliphatic hydroxyl groups excluding tert-OH is 1. The zero-order chi connectivity index (χ0) is 24.8. The summed E-state index contributed by atoms with van der Waals surface area (Å²) >= 11 is 0. The van der Waals surface area contributed by atoms with Gasteiger partial charge in [0.15, 0.2) is 5.82 Å². The first-order valence-electron chi connectivity index (χ1n) is 12.1. The molecule has 1 aliphatic rings. The molecular formula is C26H33N7O2. The van der Waals surface area contributed by atoms with Crippen molar-refractivity contribution < 1.29 is 9.90 Å². The summed E-state index contributed by atoms with van der Waals surface area (Å²) in [7, 11) is 0. The quantitative estimate of drug-likeness (QED) is 0.478. The third kappa shape index (κ3) is 5.74. The molecule has 1 saturated heterocycles. The van der Waals surface area contributed by atoms with Crippen LogP contribution in [0.1, 0.15) is 46.2 Å². The van der Waals surface area contributed by atoms with E-state index in [0.29, 0.717) is 13.0 Å². The number of piperazine rings is 1. The first kappa shape index (κ1) is 24.5. The summed E-state index contributed by atoms with van der Waals surface area (Å²) in [6, 6.07) is 10.5. The third-order valence-corrected chi connectivity index (χ3v) is 6.52. The van der Waals surface area contributed by atoms with Gasteiger partial charge in [0, 0.05) is 45.2 Å². The molecule has 1 aromatic carbocycles. The van der Waals surface area contributed by atoms with Gasteiger partial charge < -0.3 is 20.2 Å². The molecule has 0 saturated carbocycles. The van der Waals surface area contributed by atoms with Gasteiger partial charge in [-0.2, -0.15) is 5.10 Å². The summed E-state index contributed by atoms with van der Waals surface area (Å²) in [5.74, 6) is 1.41. The van der Waals surface area contributed by atoms with Crippen LogP contribution in [0.3, 0.4) is 0 Å². The molecule has 0 unspecified atom stereocenters. The molecule has 184 valence electrons. The molecule has 0 radical (unpaired) electrons. The van der Waals surface area contributed by atoms with Gasteiger partial charge >= 0.3 is 0 Å². The van der Waals surface area contributed by atoms with Gasteiger partial charge in [0.1, 0.15) is 11.5 Å². The molecule has 35 heavy (non-hydrogen) atoms. The molecule has 2 aromatic heterocycles. The number of amides is 1. The fourth-order valence-corrected chi connectivity index (χ4v) is 4.35. The van der Waals surface area contributed by atoms with Gasteiger partial charge in [-0.1, -0.05) is 30.3 Å². The summed E-state index contributed by atoms with van der Waals surface area (Å²) in [6.45, 7) is 9.21. The predicted octanol–water partition coefficient (Wildman–Crippen LogP) is 2.30. The number of aliphatic hydroxyl groups is 1. The van der Waals surface area contributed by atoms with E-state index in [4.69, 9.17) is 5.11 Å². The Morgan fingerprint density at radius 2 is 1.89 bits per heavy atom. The molecule has 0 bridgehead atoms. The van der Waals surface area contributed by atoms with Crippen molar-refractivity contribution >= 4 is 17.5 Å². The van der Waals surface area contributed by atoms with Gasteiger partial charge in [0.05, 0.1) is 18.1 Å². The van der Waals surface area contributed by atoms with Crippen LogP contribution < -0.4 is 15.1 Å². The van der Waals surface area contributed by atoms with Crippen LogP contribution in [-0.2, 0) is 6.42 Å². The number of benzene rings is 1. The van der Waals surface area contributed by atoms with E-state index in [1.807, 2.05) is 18.2 Å². The van der Waals surface area contributed by atoms with Gasteiger partial charge in [-0.25, -0.2) is 9.97 Å². The molecule has 0 spiro atoms. The largest absolute Gasteiger partial charge is 0.396 e. The number of hydrogen-bond acceptors (Lipinski definition) is 8. The van der Waals surface area contributed by atoms with Crippen molar-refractivity contribution in [1.82, 2.24) is 25.5 Å². The van der Waals surface area contributed by atoms with Gasteiger partial charge in [-0.3, -0.25) is 4.79 Å². The first-order chi connectivity index (χ1) is 17.0. The highest BCUT2D eigenvalue weighted by atomic mass is 16.3. The molecule has 2 N–H and O–H groups in total. The van der Waals surface area contributed by atoms with Crippen molar-refractivity contribution in [3.63, 3.8) is 0 Å². The highest BCUT2D eigenvalue weighted by Gasteiger charge is 2.27. The maximum Gasteiger partial charge on any atom is 0.271 e. The van der Waals surface area contributed by atoms with E-state index >= 15 is 0 Å². The molecule has 3 heterocycles. The van der Waals surface area contributed by atoms with Crippen LogP contribution >= 0.6 is 0 Å². The second kappa shape index (κ2) is 11.2. The molecule has 0 aliphatic carbocycles. The van der Waals surface area contributed by atoms with Gasteiger partial charge in [0.2, 0.25) is 0 Å². The van der Waals surface area contributed by atoms with E-state index < -0.39 is 0 Å². The van der Waals surface area contributed by atoms with Crippen molar-refractivity contribution in [3.8, 4) is 0 Å². The monoisotopic (exact) mass is 475 g/mol. The van der Waals surface area contributed by atoms with E-state index in [9.17, 15) is 4.79 Å². The molecule has 1 amide bonds. The number of hydrogen-bond donors (Lipinski definition) is 2. The average Bonchev–Trinajstić information content (AvgIpc) is 2.88. The lowest BCUT2D eigenvalue weighted by Crippen LogP contribution is -2.53. The minimum Gasteiger partial charge on any atom is -0.396 e. The first-order valence-corrected chi connectivity index (χ1v) is 12.1. The average molecular weight is 476 g/mol. The molecule has 4 rings (SSSR count). The lowest BCUT2D eigenvalue weighted by Gasteiger charge is -2.41. The Morgan fingerprint density at radius 1 is 1.09 bits per heavy atom. The Morgan fingerprint density at radius 3 is 2.57 bits per heavy atom. The predicted molar refractivity (Wildman–Crippen MR) is 136 cm³/mol. The second-order valence-electron chi connectivity index (χ2n) is 8.96.